The van der Waals surface area contributed by atoms with Crippen molar-refractivity contribution in [3.05, 3.63) is 57.9 Å². The standard InChI is InChI=1S/C26H39N3OS2/c1-6-24(31-5)11-10-23(4)30-19-18-29-16-14-28(15-17-29)13-8-12-26(21-27,22(2)3)25-9-7-20-32-25/h6-7,9-11,20,22H,4,8,12-19H2,1-3,5H3/b11-10-,24-6+. The van der Waals surface area contributed by atoms with Gasteiger partial charge >= 0.3 is 0 Å². The highest BCUT2D eigenvalue weighted by molar-refractivity contribution is 8.02. The van der Waals surface area contributed by atoms with Crippen molar-refractivity contribution in [3.63, 3.8) is 0 Å². The second-order valence-corrected chi connectivity index (χ2v) is 10.4. The molecular weight excluding hydrogens is 434 g/mol. The van der Waals surface area contributed by atoms with Gasteiger partial charge < -0.3 is 9.64 Å². The molecule has 0 N–H and O–H groups in total. The lowest BCUT2D eigenvalue weighted by Crippen LogP contribution is -2.47. The molecule has 1 atom stereocenters. The molecule has 4 nitrogen and oxygen atoms in total. The predicted octanol–water partition coefficient (Wildman–Crippen LogP) is 5.92. The van der Waals surface area contributed by atoms with Crippen molar-refractivity contribution in [2.45, 2.75) is 39.0 Å². The molecule has 1 aromatic heterocycles. The van der Waals surface area contributed by atoms with Gasteiger partial charge in [0, 0.05) is 42.5 Å². The molecule has 2 rings (SSSR count). The summed E-state index contributed by atoms with van der Waals surface area (Å²) < 4.78 is 5.78. The Balaban J connectivity index is 1.68. The van der Waals surface area contributed by atoms with Crippen molar-refractivity contribution in [2.75, 3.05) is 52.1 Å². The summed E-state index contributed by atoms with van der Waals surface area (Å²) in [6.45, 7) is 17.4. The first-order chi connectivity index (χ1) is 15.4. The summed E-state index contributed by atoms with van der Waals surface area (Å²) in [7, 11) is 0. The lowest BCUT2D eigenvalue weighted by molar-refractivity contribution is 0.101. The van der Waals surface area contributed by atoms with Gasteiger partial charge in [-0.05, 0) is 62.1 Å². The van der Waals surface area contributed by atoms with E-state index in [1.54, 1.807) is 23.1 Å². The van der Waals surface area contributed by atoms with Crippen molar-refractivity contribution in [1.29, 1.82) is 5.26 Å². The molecule has 0 spiro atoms. The summed E-state index contributed by atoms with van der Waals surface area (Å²) in [6, 6.07) is 6.86. The number of thioether (sulfide) groups is 1. The number of hydrogen-bond acceptors (Lipinski definition) is 6. The highest BCUT2D eigenvalue weighted by atomic mass is 32.2. The summed E-state index contributed by atoms with van der Waals surface area (Å²) in [5, 5.41) is 12.1. The number of allylic oxidation sites excluding steroid dienone is 3. The van der Waals surface area contributed by atoms with E-state index in [2.05, 4.69) is 66.1 Å². The highest BCUT2D eigenvalue weighted by Gasteiger charge is 2.36. The molecule has 0 radical (unpaired) electrons. The number of rotatable bonds is 13. The highest BCUT2D eigenvalue weighted by Crippen LogP contribution is 2.39. The molecule has 0 amide bonds. The van der Waals surface area contributed by atoms with Gasteiger partial charge in [0.15, 0.2) is 0 Å². The maximum absolute atomic E-state index is 10.0. The summed E-state index contributed by atoms with van der Waals surface area (Å²) in [4.78, 5) is 7.43. The first kappa shape index (κ1) is 26.7. The van der Waals surface area contributed by atoms with Crippen molar-refractivity contribution < 1.29 is 4.74 Å². The number of ether oxygens (including phenoxy) is 1. The fourth-order valence-electron chi connectivity index (χ4n) is 4.10. The molecule has 1 aromatic rings. The van der Waals surface area contributed by atoms with Gasteiger partial charge in [-0.1, -0.05) is 32.6 Å². The number of nitrogens with zero attached hydrogens (tertiary/aromatic N) is 3. The molecule has 6 heteroatoms. The Labute approximate surface area is 203 Å². The van der Waals surface area contributed by atoms with E-state index in [0.717, 1.165) is 52.1 Å². The van der Waals surface area contributed by atoms with E-state index in [-0.39, 0.29) is 5.41 Å². The number of hydrogen-bond donors (Lipinski definition) is 0. The third-order valence-electron chi connectivity index (χ3n) is 6.31. The maximum Gasteiger partial charge on any atom is 0.112 e. The first-order valence-electron chi connectivity index (χ1n) is 11.5. The van der Waals surface area contributed by atoms with E-state index >= 15 is 0 Å². The third kappa shape index (κ3) is 7.81. The Bertz CT molecular complexity index is 786. The first-order valence-corrected chi connectivity index (χ1v) is 13.7. The minimum atomic E-state index is -0.354. The Hall–Kier alpha value is -1.52. The van der Waals surface area contributed by atoms with Crippen LogP contribution in [0.15, 0.2) is 53.0 Å². The smallest absolute Gasteiger partial charge is 0.112 e. The van der Waals surface area contributed by atoms with Crippen LogP contribution in [0, 0.1) is 17.2 Å². The van der Waals surface area contributed by atoms with E-state index in [4.69, 9.17) is 4.74 Å². The van der Waals surface area contributed by atoms with Gasteiger partial charge in [-0.15, -0.1) is 23.1 Å². The molecule has 0 aromatic carbocycles. The quantitative estimate of drug-likeness (QED) is 0.263. The zero-order chi connectivity index (χ0) is 23.4. The molecule has 1 aliphatic rings. The van der Waals surface area contributed by atoms with Gasteiger partial charge in [-0.3, -0.25) is 4.90 Å². The van der Waals surface area contributed by atoms with Crippen LogP contribution >= 0.6 is 23.1 Å². The third-order valence-corrected chi connectivity index (χ3v) is 8.20. The van der Waals surface area contributed by atoms with Crippen molar-refractivity contribution in [3.8, 4) is 6.07 Å². The lowest BCUT2D eigenvalue weighted by atomic mass is 9.73. The fourth-order valence-corrected chi connectivity index (χ4v) is 5.59. The molecule has 176 valence electrons. The Morgan fingerprint density at radius 3 is 2.50 bits per heavy atom. The Morgan fingerprint density at radius 2 is 1.97 bits per heavy atom. The molecular formula is C26H39N3OS2. The molecule has 1 unspecified atom stereocenters. The SMILES string of the molecule is C=C(/C=C\C(=C/C)SC)OCCN1CCN(CCCC(C#N)(c2cccs2)C(C)C)CC1. The number of piperazine rings is 1. The van der Waals surface area contributed by atoms with Crippen LogP contribution < -0.4 is 0 Å². The van der Waals surface area contributed by atoms with Crippen molar-refractivity contribution in [1.82, 2.24) is 9.80 Å². The monoisotopic (exact) mass is 473 g/mol. The molecule has 0 bridgehead atoms. The second kappa shape index (κ2) is 13.9. The summed E-state index contributed by atoms with van der Waals surface area (Å²) in [5.41, 5.74) is -0.354. The Kier molecular flexibility index (Phi) is 11.6. The molecule has 1 saturated heterocycles. The minimum absolute atomic E-state index is 0.318. The number of nitriles is 1. The van der Waals surface area contributed by atoms with Crippen LogP contribution in [0.1, 0.15) is 38.5 Å². The summed E-state index contributed by atoms with van der Waals surface area (Å²) in [5.74, 6) is 1.03. The average molecular weight is 474 g/mol. The van der Waals surface area contributed by atoms with Crippen LogP contribution in [-0.2, 0) is 10.2 Å². The van der Waals surface area contributed by atoms with Crippen LogP contribution in [0.25, 0.3) is 0 Å². The topological polar surface area (TPSA) is 39.5 Å². The van der Waals surface area contributed by atoms with Gasteiger partial charge in [0.1, 0.15) is 12.4 Å². The van der Waals surface area contributed by atoms with Crippen LogP contribution in [-0.4, -0.2) is 61.9 Å². The molecule has 0 saturated carbocycles. The second-order valence-electron chi connectivity index (χ2n) is 8.55. The molecule has 2 heterocycles. The molecule has 0 aliphatic carbocycles. The molecule has 32 heavy (non-hydrogen) atoms. The predicted molar refractivity (Wildman–Crippen MR) is 140 cm³/mol. The van der Waals surface area contributed by atoms with Crippen molar-refractivity contribution >= 4 is 23.1 Å². The largest absolute Gasteiger partial charge is 0.493 e. The van der Waals surface area contributed by atoms with E-state index in [1.807, 2.05) is 19.1 Å². The van der Waals surface area contributed by atoms with Gasteiger partial charge in [-0.25, -0.2) is 0 Å². The maximum atomic E-state index is 10.0. The fraction of sp³-hybridized carbons (Fsp3) is 0.577. The van der Waals surface area contributed by atoms with Crippen LogP contribution in [0.3, 0.4) is 0 Å². The van der Waals surface area contributed by atoms with Gasteiger partial charge in [0.2, 0.25) is 0 Å². The zero-order valence-corrected chi connectivity index (χ0v) is 21.8. The lowest BCUT2D eigenvalue weighted by Gasteiger charge is -2.35. The van der Waals surface area contributed by atoms with Gasteiger partial charge in [0.25, 0.3) is 0 Å². The molecule has 1 fully saturated rings. The average Bonchev–Trinajstić information content (AvgIpc) is 3.33. The van der Waals surface area contributed by atoms with E-state index < -0.39 is 0 Å². The van der Waals surface area contributed by atoms with E-state index in [0.29, 0.717) is 18.3 Å². The van der Waals surface area contributed by atoms with Crippen LogP contribution in [0.2, 0.25) is 0 Å². The normalized spacial score (nSPS) is 18.1. The van der Waals surface area contributed by atoms with Crippen LogP contribution in [0.4, 0.5) is 0 Å². The molecule has 1 aliphatic heterocycles. The van der Waals surface area contributed by atoms with Crippen molar-refractivity contribution in [2.24, 2.45) is 5.92 Å². The van der Waals surface area contributed by atoms with Crippen LogP contribution in [0.5, 0.6) is 0 Å². The van der Waals surface area contributed by atoms with Gasteiger partial charge in [-0.2, -0.15) is 5.26 Å². The summed E-state index contributed by atoms with van der Waals surface area (Å²) in [6.07, 6.45) is 10.1. The summed E-state index contributed by atoms with van der Waals surface area (Å²) >= 11 is 3.43. The Morgan fingerprint density at radius 1 is 1.28 bits per heavy atom. The van der Waals surface area contributed by atoms with Gasteiger partial charge in [0.05, 0.1) is 11.5 Å². The minimum Gasteiger partial charge on any atom is -0.493 e. The van der Waals surface area contributed by atoms with E-state index in [9.17, 15) is 5.26 Å². The van der Waals surface area contributed by atoms with E-state index in [1.165, 1.54) is 9.78 Å². The number of thiophene rings is 1. The zero-order valence-electron chi connectivity index (χ0n) is 20.2.